The van der Waals surface area contributed by atoms with Gasteiger partial charge in [0.15, 0.2) is 0 Å². The molecule has 0 saturated carbocycles. The van der Waals surface area contributed by atoms with Gasteiger partial charge in [0, 0.05) is 58.3 Å². The molecule has 5 aromatic rings. The molecule has 6 rings (SSSR count). The van der Waals surface area contributed by atoms with Crippen molar-refractivity contribution in [2.75, 3.05) is 37.9 Å². The number of halogens is 5. The second-order valence-corrected chi connectivity index (χ2v) is 14.0. The van der Waals surface area contributed by atoms with Crippen LogP contribution in [0.4, 0.5) is 34.9 Å². The Balaban J connectivity index is 0.000000985. The number of aromatic carboxylic acids is 1. The van der Waals surface area contributed by atoms with E-state index in [1.165, 1.54) is 26.4 Å². The minimum Gasteiger partial charge on any atom is -0.496 e. The molecule has 7 N–H and O–H groups in total. The Kier molecular flexibility index (Phi) is 15.7. The van der Waals surface area contributed by atoms with Crippen molar-refractivity contribution in [1.29, 1.82) is 0 Å². The van der Waals surface area contributed by atoms with E-state index in [1.807, 2.05) is 6.07 Å². The van der Waals surface area contributed by atoms with E-state index in [0.29, 0.717) is 87.4 Å². The molecule has 0 aliphatic carbocycles. The number of hydrogen-bond donors (Lipinski definition) is 6. The second kappa shape index (κ2) is 21.1. The highest BCUT2D eigenvalue weighted by molar-refractivity contribution is 6.31. The molecule has 0 bridgehead atoms. The third-order valence-corrected chi connectivity index (χ3v) is 9.51. The molecule has 330 valence electrons. The summed E-state index contributed by atoms with van der Waals surface area (Å²) in [4.78, 5) is 60.3. The van der Waals surface area contributed by atoms with Gasteiger partial charge in [-0.1, -0.05) is 23.7 Å². The summed E-state index contributed by atoms with van der Waals surface area (Å²) in [5.74, 6) is -4.05. The Morgan fingerprint density at radius 1 is 0.889 bits per heavy atom. The first-order valence-corrected chi connectivity index (χ1v) is 19.3. The number of aliphatic imine (C=N–C) groups is 1. The van der Waals surface area contributed by atoms with Gasteiger partial charge < -0.3 is 41.4 Å². The SMILES string of the molecule is COc1cc(Nc2ncc3c(n2)-c2ccc(Cl)cc2C(c2c(F)cccc2OC)=NC3)ccc1C(=O)NCCCC(=O)Nc1ccc(C(=O)O)c(CCCN)c1.O=C(O)C(F)(F)F. The zero-order valence-corrected chi connectivity index (χ0v) is 34.4. The molecule has 2 heterocycles. The number of nitrogens with zero attached hydrogens (tertiary/aromatic N) is 3. The zero-order valence-electron chi connectivity index (χ0n) is 33.6. The van der Waals surface area contributed by atoms with Crippen LogP contribution >= 0.6 is 11.6 Å². The Morgan fingerprint density at radius 3 is 2.29 bits per heavy atom. The number of aryl methyl sites for hydroxylation is 1. The van der Waals surface area contributed by atoms with Crippen molar-refractivity contribution in [3.63, 3.8) is 0 Å². The van der Waals surface area contributed by atoms with E-state index in [0.717, 1.165) is 0 Å². The van der Waals surface area contributed by atoms with Gasteiger partial charge in [0.1, 0.15) is 17.3 Å². The lowest BCUT2D eigenvalue weighted by Crippen LogP contribution is -2.26. The number of anilines is 3. The van der Waals surface area contributed by atoms with E-state index >= 15 is 4.39 Å². The molecule has 4 aromatic carbocycles. The van der Waals surface area contributed by atoms with Crippen LogP contribution < -0.4 is 31.2 Å². The highest BCUT2D eigenvalue weighted by Gasteiger charge is 2.38. The quantitative estimate of drug-likeness (QED) is 0.0446. The number of nitrogens with one attached hydrogen (secondary N) is 3. The monoisotopic (exact) mass is 893 g/mol. The summed E-state index contributed by atoms with van der Waals surface area (Å²) >= 11 is 6.43. The molecule has 0 fully saturated rings. The number of nitrogens with two attached hydrogens (primary N) is 1. The highest BCUT2D eigenvalue weighted by Crippen LogP contribution is 2.36. The smallest absolute Gasteiger partial charge is 0.490 e. The largest absolute Gasteiger partial charge is 0.496 e. The van der Waals surface area contributed by atoms with Gasteiger partial charge in [-0.05, 0) is 86.0 Å². The number of carbonyl (C=O) groups is 4. The van der Waals surface area contributed by atoms with Gasteiger partial charge >= 0.3 is 18.1 Å². The first-order valence-electron chi connectivity index (χ1n) is 19.0. The minimum atomic E-state index is -5.08. The van der Waals surface area contributed by atoms with Gasteiger partial charge in [-0.15, -0.1) is 0 Å². The molecule has 1 aliphatic heterocycles. The molecule has 2 amide bonds. The molecule has 0 spiro atoms. The molecule has 0 atom stereocenters. The van der Waals surface area contributed by atoms with Crippen molar-refractivity contribution < 1.29 is 56.4 Å². The fourth-order valence-electron chi connectivity index (χ4n) is 6.34. The number of rotatable bonds is 15. The Bertz CT molecular complexity index is 2560. The van der Waals surface area contributed by atoms with Gasteiger partial charge in [-0.2, -0.15) is 13.2 Å². The standard InChI is InChI=1S/C41H39ClFN7O6.C2HF3O2/c1-55-33-8-3-7-32(43)36(33)38-31-19-25(42)10-13-29(31)37-24(21-46-38)22-47-41(50-37)49-27-12-15-30(34(20-27)56-2)39(52)45-17-5-9-35(51)48-26-11-14-28(40(53)54)23(18-26)6-4-16-44;3-2(4,5)1(6)7/h3,7-8,10-15,18-20,22H,4-6,9,16-17,21,44H2,1-2H3,(H,45,52)(H,48,51)(H,53,54)(H,47,49,50);(H,6,7). The third-order valence-electron chi connectivity index (χ3n) is 9.28. The maximum Gasteiger partial charge on any atom is 0.490 e. The van der Waals surface area contributed by atoms with E-state index in [2.05, 4.69) is 20.9 Å². The van der Waals surface area contributed by atoms with Crippen LogP contribution in [0.2, 0.25) is 5.02 Å². The summed E-state index contributed by atoms with van der Waals surface area (Å²) < 4.78 is 58.0. The van der Waals surface area contributed by atoms with Crippen LogP contribution in [0.25, 0.3) is 11.3 Å². The summed E-state index contributed by atoms with van der Waals surface area (Å²) in [7, 11) is 2.92. The molecule has 0 radical (unpaired) electrons. The van der Waals surface area contributed by atoms with Crippen molar-refractivity contribution >= 4 is 58.4 Å². The van der Waals surface area contributed by atoms with Crippen molar-refractivity contribution in [3.8, 4) is 22.8 Å². The van der Waals surface area contributed by atoms with Crippen molar-refractivity contribution in [3.05, 3.63) is 123 Å². The molecule has 15 nitrogen and oxygen atoms in total. The number of aromatic nitrogens is 2. The average molecular weight is 894 g/mol. The molecular formula is C43H40ClF4N7O8. The summed E-state index contributed by atoms with van der Waals surface area (Å²) in [5, 5.41) is 25.8. The van der Waals surface area contributed by atoms with Gasteiger partial charge in [-0.3, -0.25) is 14.6 Å². The van der Waals surface area contributed by atoms with E-state index in [-0.39, 0.29) is 54.0 Å². The molecule has 1 aromatic heterocycles. The Morgan fingerprint density at radius 2 is 1.60 bits per heavy atom. The Labute approximate surface area is 362 Å². The van der Waals surface area contributed by atoms with E-state index in [1.54, 1.807) is 60.8 Å². The predicted molar refractivity (Wildman–Crippen MR) is 226 cm³/mol. The minimum absolute atomic E-state index is 0.127. The first-order chi connectivity index (χ1) is 30.0. The number of carboxylic acid groups (broad SMARTS) is 2. The molecule has 63 heavy (non-hydrogen) atoms. The fraction of sp³-hybridized carbons (Fsp3) is 0.233. The highest BCUT2D eigenvalue weighted by atomic mass is 35.5. The van der Waals surface area contributed by atoms with E-state index < -0.39 is 23.9 Å². The third kappa shape index (κ3) is 12.0. The maximum atomic E-state index is 15.3. The Hall–Kier alpha value is -7.12. The second-order valence-electron chi connectivity index (χ2n) is 13.6. The lowest BCUT2D eigenvalue weighted by Gasteiger charge is -2.15. The van der Waals surface area contributed by atoms with Crippen LogP contribution in [0, 0.1) is 5.82 Å². The van der Waals surface area contributed by atoms with E-state index in [4.69, 9.17) is 46.7 Å². The average Bonchev–Trinajstić information content (AvgIpc) is 3.40. The molecule has 20 heteroatoms. The van der Waals surface area contributed by atoms with Crippen LogP contribution in [0.1, 0.15) is 62.2 Å². The summed E-state index contributed by atoms with van der Waals surface area (Å²) in [6.07, 6.45) is -1.85. The van der Waals surface area contributed by atoms with Crippen LogP contribution in [0.15, 0.2) is 84.0 Å². The summed E-state index contributed by atoms with van der Waals surface area (Å²) in [5.41, 5.74) is 10.8. The number of carboxylic acids is 2. The van der Waals surface area contributed by atoms with Crippen molar-refractivity contribution in [2.45, 2.75) is 38.4 Å². The zero-order chi connectivity index (χ0) is 45.8. The lowest BCUT2D eigenvalue weighted by molar-refractivity contribution is -0.192. The number of ether oxygens (including phenoxy) is 2. The number of alkyl halides is 3. The first kappa shape index (κ1) is 46.9. The number of hydrogen-bond acceptors (Lipinski definition) is 11. The van der Waals surface area contributed by atoms with Crippen LogP contribution in [0.3, 0.4) is 0 Å². The van der Waals surface area contributed by atoms with Crippen molar-refractivity contribution in [2.24, 2.45) is 10.7 Å². The van der Waals surface area contributed by atoms with Crippen molar-refractivity contribution in [1.82, 2.24) is 15.3 Å². The number of carbonyl (C=O) groups excluding carboxylic acids is 2. The summed E-state index contributed by atoms with van der Waals surface area (Å²) in [6.45, 7) is 0.816. The van der Waals surface area contributed by atoms with Crippen LogP contribution in [-0.4, -0.2) is 83.1 Å². The van der Waals surface area contributed by atoms with Gasteiger partial charge in [0.2, 0.25) is 11.9 Å². The fourth-order valence-corrected chi connectivity index (χ4v) is 6.51. The molecular weight excluding hydrogens is 854 g/mol. The molecule has 1 aliphatic rings. The van der Waals surface area contributed by atoms with Gasteiger partial charge in [0.25, 0.3) is 5.91 Å². The number of fused-ring (bicyclic) bond motifs is 3. The molecule has 0 saturated heterocycles. The van der Waals surface area contributed by atoms with Crippen LogP contribution in [0.5, 0.6) is 11.5 Å². The maximum absolute atomic E-state index is 15.3. The lowest BCUT2D eigenvalue weighted by atomic mass is 9.94. The van der Waals surface area contributed by atoms with E-state index in [9.17, 15) is 32.7 Å². The van der Waals surface area contributed by atoms with Gasteiger partial charge in [0.05, 0.1) is 48.9 Å². The number of amides is 2. The van der Waals surface area contributed by atoms with Crippen LogP contribution in [-0.2, 0) is 22.6 Å². The predicted octanol–water partition coefficient (Wildman–Crippen LogP) is 7.42. The normalized spacial score (nSPS) is 11.7. The number of methoxy groups -OCH3 is 2. The van der Waals surface area contributed by atoms with Gasteiger partial charge in [-0.25, -0.2) is 23.9 Å². The number of benzene rings is 4. The number of aliphatic carboxylic acids is 1. The molecule has 0 unspecified atom stereocenters. The topological polar surface area (TPSA) is 227 Å². The summed E-state index contributed by atoms with van der Waals surface area (Å²) in [6, 6.07) is 19.5.